The van der Waals surface area contributed by atoms with Gasteiger partial charge in [0.25, 0.3) is 0 Å². The molecule has 1 aromatic rings. The largest absolute Gasteiger partial charge is 0.497 e. The summed E-state index contributed by atoms with van der Waals surface area (Å²) in [7, 11) is 1.62. The number of aliphatic hydroxyl groups excluding tert-OH is 1. The predicted octanol–water partition coefficient (Wildman–Crippen LogP) is 2.35. The van der Waals surface area contributed by atoms with Gasteiger partial charge >= 0.3 is 5.97 Å². The monoisotopic (exact) mass is 295 g/mol. The Kier molecular flexibility index (Phi) is 8.47. The van der Waals surface area contributed by atoms with Gasteiger partial charge in [0, 0.05) is 6.42 Å². The molecule has 0 bridgehead atoms. The lowest BCUT2D eigenvalue weighted by Gasteiger charge is -2.12. The van der Waals surface area contributed by atoms with Crippen LogP contribution in [0.1, 0.15) is 43.8 Å². The normalized spacial score (nSPS) is 12.1. The minimum absolute atomic E-state index is 0.246. The molecule has 118 valence electrons. The highest BCUT2D eigenvalue weighted by Gasteiger charge is 2.06. The second-order valence-corrected chi connectivity index (χ2v) is 5.03. The molecular weight excluding hydrogens is 270 g/mol. The highest BCUT2D eigenvalue weighted by atomic mass is 16.5. The molecule has 0 aromatic heterocycles. The Morgan fingerprint density at radius 3 is 2.52 bits per heavy atom. The summed E-state index contributed by atoms with van der Waals surface area (Å²) >= 11 is 0. The van der Waals surface area contributed by atoms with Crippen molar-refractivity contribution in [2.45, 2.75) is 38.2 Å². The third-order valence-corrected chi connectivity index (χ3v) is 3.34. The Hall–Kier alpha value is -1.59. The summed E-state index contributed by atoms with van der Waals surface area (Å²) in [6, 6.07) is 7.42. The molecule has 3 N–H and O–H groups in total. The maximum Gasteiger partial charge on any atom is 0.303 e. The van der Waals surface area contributed by atoms with E-state index in [1.807, 2.05) is 24.3 Å². The number of carboxylic acids is 1. The fourth-order valence-corrected chi connectivity index (χ4v) is 2.06. The van der Waals surface area contributed by atoms with Gasteiger partial charge in [0.15, 0.2) is 0 Å². The number of aliphatic hydroxyl groups is 1. The molecule has 0 saturated heterocycles. The van der Waals surface area contributed by atoms with E-state index in [1.54, 1.807) is 7.11 Å². The lowest BCUT2D eigenvalue weighted by Crippen LogP contribution is -2.18. The number of carbonyl (C=O) groups is 1. The first kappa shape index (κ1) is 17.5. The van der Waals surface area contributed by atoms with Crippen LogP contribution in [0.4, 0.5) is 0 Å². The number of benzene rings is 1. The summed E-state index contributed by atoms with van der Waals surface area (Å²) in [4.78, 5) is 10.3. The summed E-state index contributed by atoms with van der Waals surface area (Å²) in [5.74, 6) is 0.0519. The van der Waals surface area contributed by atoms with Gasteiger partial charge in [-0.3, -0.25) is 4.79 Å². The molecule has 0 radical (unpaired) electrons. The molecule has 5 heteroatoms. The average Bonchev–Trinajstić information content (AvgIpc) is 2.49. The van der Waals surface area contributed by atoms with Crippen molar-refractivity contribution in [1.82, 2.24) is 5.32 Å². The molecule has 0 heterocycles. The third kappa shape index (κ3) is 7.68. The third-order valence-electron chi connectivity index (χ3n) is 3.34. The van der Waals surface area contributed by atoms with Crippen LogP contribution in [-0.4, -0.2) is 36.4 Å². The molecule has 0 aliphatic rings. The first-order valence-electron chi connectivity index (χ1n) is 7.38. The molecule has 0 aliphatic heterocycles. The zero-order valence-electron chi connectivity index (χ0n) is 12.5. The Bertz CT molecular complexity index is 405. The summed E-state index contributed by atoms with van der Waals surface area (Å²) in [5, 5.41) is 21.8. The van der Waals surface area contributed by atoms with Crippen molar-refractivity contribution in [3.63, 3.8) is 0 Å². The Morgan fingerprint density at radius 1 is 1.19 bits per heavy atom. The number of rotatable bonds is 11. The summed E-state index contributed by atoms with van der Waals surface area (Å²) in [6.07, 6.45) is 3.03. The van der Waals surface area contributed by atoms with Crippen LogP contribution in [0.15, 0.2) is 24.3 Å². The Balaban J connectivity index is 2.07. The maximum absolute atomic E-state index is 10.3. The lowest BCUT2D eigenvalue weighted by atomic mass is 10.1. The average molecular weight is 295 g/mol. The van der Waals surface area contributed by atoms with E-state index in [1.165, 1.54) is 0 Å². The van der Waals surface area contributed by atoms with E-state index in [0.717, 1.165) is 43.7 Å². The number of hydrogen-bond donors (Lipinski definition) is 3. The maximum atomic E-state index is 10.3. The number of aliphatic carboxylic acids is 1. The molecule has 0 amide bonds. The van der Waals surface area contributed by atoms with Crippen molar-refractivity contribution < 1.29 is 19.7 Å². The van der Waals surface area contributed by atoms with Gasteiger partial charge < -0.3 is 20.3 Å². The quantitative estimate of drug-likeness (QED) is 0.546. The summed E-state index contributed by atoms with van der Waals surface area (Å²) < 4.78 is 5.08. The van der Waals surface area contributed by atoms with Crippen LogP contribution in [-0.2, 0) is 4.79 Å². The topological polar surface area (TPSA) is 78.8 Å². The van der Waals surface area contributed by atoms with Crippen LogP contribution in [0.5, 0.6) is 5.75 Å². The van der Waals surface area contributed by atoms with Gasteiger partial charge in [-0.1, -0.05) is 18.6 Å². The Morgan fingerprint density at radius 2 is 1.90 bits per heavy atom. The van der Waals surface area contributed by atoms with E-state index in [9.17, 15) is 9.90 Å². The van der Waals surface area contributed by atoms with Crippen molar-refractivity contribution in [1.29, 1.82) is 0 Å². The standard InChI is InChI=1S/C16H25NO4/c1-21-14-8-6-13(7-9-14)15(18)10-12-17-11-4-2-3-5-16(19)20/h6-9,15,17-18H,2-5,10-12H2,1H3,(H,19,20). The minimum atomic E-state index is -0.731. The highest BCUT2D eigenvalue weighted by molar-refractivity contribution is 5.66. The molecule has 0 fully saturated rings. The van der Waals surface area contributed by atoms with Gasteiger partial charge in [-0.05, 0) is 50.0 Å². The minimum Gasteiger partial charge on any atom is -0.497 e. The van der Waals surface area contributed by atoms with Gasteiger partial charge in [0.2, 0.25) is 0 Å². The van der Waals surface area contributed by atoms with Gasteiger partial charge in [-0.15, -0.1) is 0 Å². The number of hydrogen-bond acceptors (Lipinski definition) is 4. The summed E-state index contributed by atoms with van der Waals surface area (Å²) in [5.41, 5.74) is 0.888. The van der Waals surface area contributed by atoms with Crippen molar-refractivity contribution in [3.8, 4) is 5.75 Å². The van der Waals surface area contributed by atoms with Crippen LogP contribution in [0.2, 0.25) is 0 Å². The second kappa shape index (κ2) is 10.2. The van der Waals surface area contributed by atoms with E-state index in [4.69, 9.17) is 9.84 Å². The van der Waals surface area contributed by atoms with E-state index >= 15 is 0 Å². The van der Waals surface area contributed by atoms with Crippen LogP contribution < -0.4 is 10.1 Å². The van der Waals surface area contributed by atoms with Gasteiger partial charge in [0.05, 0.1) is 13.2 Å². The van der Waals surface area contributed by atoms with Crippen molar-refractivity contribution in [2.75, 3.05) is 20.2 Å². The van der Waals surface area contributed by atoms with E-state index in [0.29, 0.717) is 6.42 Å². The smallest absolute Gasteiger partial charge is 0.303 e. The first-order valence-corrected chi connectivity index (χ1v) is 7.38. The van der Waals surface area contributed by atoms with Gasteiger partial charge in [-0.25, -0.2) is 0 Å². The number of ether oxygens (including phenoxy) is 1. The molecular formula is C16H25NO4. The number of carboxylic acid groups (broad SMARTS) is 1. The van der Waals surface area contributed by atoms with E-state index in [-0.39, 0.29) is 6.42 Å². The molecule has 0 aliphatic carbocycles. The molecule has 1 aromatic carbocycles. The fourth-order valence-electron chi connectivity index (χ4n) is 2.06. The van der Waals surface area contributed by atoms with Gasteiger partial charge in [-0.2, -0.15) is 0 Å². The fraction of sp³-hybridized carbons (Fsp3) is 0.562. The molecule has 1 rings (SSSR count). The predicted molar refractivity (Wildman–Crippen MR) is 81.5 cm³/mol. The van der Waals surface area contributed by atoms with Crippen molar-refractivity contribution in [2.24, 2.45) is 0 Å². The lowest BCUT2D eigenvalue weighted by molar-refractivity contribution is -0.137. The van der Waals surface area contributed by atoms with Gasteiger partial charge in [0.1, 0.15) is 5.75 Å². The molecule has 0 saturated carbocycles. The SMILES string of the molecule is COc1ccc(C(O)CCNCCCCCC(=O)O)cc1. The highest BCUT2D eigenvalue weighted by Crippen LogP contribution is 2.19. The molecule has 1 atom stereocenters. The molecule has 5 nitrogen and oxygen atoms in total. The van der Waals surface area contributed by atoms with Crippen LogP contribution in [0, 0.1) is 0 Å². The first-order chi connectivity index (χ1) is 10.1. The van der Waals surface area contributed by atoms with Crippen LogP contribution >= 0.6 is 0 Å². The molecule has 21 heavy (non-hydrogen) atoms. The zero-order chi connectivity index (χ0) is 15.5. The van der Waals surface area contributed by atoms with Crippen molar-refractivity contribution in [3.05, 3.63) is 29.8 Å². The van der Waals surface area contributed by atoms with E-state index < -0.39 is 12.1 Å². The Labute approximate surface area is 125 Å². The van der Waals surface area contributed by atoms with Crippen LogP contribution in [0.25, 0.3) is 0 Å². The molecule has 0 spiro atoms. The number of nitrogens with one attached hydrogen (secondary N) is 1. The second-order valence-electron chi connectivity index (χ2n) is 5.03. The number of methoxy groups -OCH3 is 1. The molecule has 1 unspecified atom stereocenters. The van der Waals surface area contributed by atoms with E-state index in [2.05, 4.69) is 5.32 Å². The van der Waals surface area contributed by atoms with Crippen molar-refractivity contribution >= 4 is 5.97 Å². The zero-order valence-corrected chi connectivity index (χ0v) is 12.5. The number of unbranched alkanes of at least 4 members (excludes halogenated alkanes) is 2. The summed E-state index contributed by atoms with van der Waals surface area (Å²) in [6.45, 7) is 1.60. The van der Waals surface area contributed by atoms with Crippen LogP contribution in [0.3, 0.4) is 0 Å².